The van der Waals surface area contributed by atoms with Crippen molar-refractivity contribution in [2.75, 3.05) is 13.1 Å². The largest absolute Gasteiger partial charge is 0.384 e. The second kappa shape index (κ2) is 5.85. The Kier molecular flexibility index (Phi) is 5.50. The van der Waals surface area contributed by atoms with Crippen LogP contribution in [-0.2, 0) is 9.59 Å². The van der Waals surface area contributed by atoms with Crippen LogP contribution >= 0.6 is 0 Å². The Hall–Kier alpha value is -0.900. The number of Topliss-reactive ketones (excluding diaryl/α,β-unsaturated/α-hetero) is 1. The predicted molar refractivity (Wildman–Crippen MR) is 58.4 cm³/mol. The summed E-state index contributed by atoms with van der Waals surface area (Å²) < 4.78 is 0. The molecule has 1 amide bonds. The lowest BCUT2D eigenvalue weighted by Crippen LogP contribution is -2.43. The molecule has 0 unspecified atom stereocenters. The Labute approximate surface area is 91.3 Å². The molecule has 0 aliphatic carbocycles. The van der Waals surface area contributed by atoms with Gasteiger partial charge in [-0.1, -0.05) is 7.43 Å². The zero-order chi connectivity index (χ0) is 10.7. The topological polar surface area (TPSA) is 57.6 Å². The van der Waals surface area contributed by atoms with Crippen molar-refractivity contribution < 1.29 is 14.7 Å². The number of amides is 1. The molecule has 1 atom stereocenters. The van der Waals surface area contributed by atoms with Crippen LogP contribution in [0.3, 0.4) is 0 Å². The third-order valence-electron chi connectivity index (χ3n) is 2.74. The van der Waals surface area contributed by atoms with E-state index in [4.69, 9.17) is 5.11 Å². The predicted octanol–water partition coefficient (Wildman–Crippen LogP) is 0.831. The monoisotopic (exact) mass is 215 g/mol. The molecule has 0 aromatic rings. The maximum absolute atomic E-state index is 11.4. The minimum absolute atomic E-state index is 0. The molecule has 1 rings (SSSR count). The van der Waals surface area contributed by atoms with Crippen LogP contribution in [-0.4, -0.2) is 40.9 Å². The van der Waals surface area contributed by atoms with E-state index in [1.165, 1.54) is 6.92 Å². The third-order valence-corrected chi connectivity index (χ3v) is 2.74. The molecule has 0 spiro atoms. The number of likely N-dealkylation sites (tertiary alicyclic amines) is 1. The van der Waals surface area contributed by atoms with Crippen molar-refractivity contribution in [1.29, 1.82) is 0 Å². The fourth-order valence-corrected chi connectivity index (χ4v) is 1.77. The van der Waals surface area contributed by atoms with Crippen molar-refractivity contribution >= 4 is 11.7 Å². The molecular weight excluding hydrogens is 194 g/mol. The zero-order valence-corrected chi connectivity index (χ0v) is 8.69. The molecule has 1 aliphatic rings. The molecule has 0 aromatic carbocycles. The number of piperidine rings is 1. The maximum atomic E-state index is 11.4. The Morgan fingerprint density at radius 3 is 2.13 bits per heavy atom. The van der Waals surface area contributed by atoms with Crippen LogP contribution in [0.25, 0.3) is 0 Å². The summed E-state index contributed by atoms with van der Waals surface area (Å²) in [5.41, 5.74) is 0. The Bertz CT molecular complexity index is 230. The van der Waals surface area contributed by atoms with Crippen LogP contribution in [0, 0.1) is 5.92 Å². The third kappa shape index (κ3) is 3.63. The van der Waals surface area contributed by atoms with Gasteiger partial charge in [0, 0.05) is 19.0 Å². The lowest BCUT2D eigenvalue weighted by atomic mass is 9.93. The minimum atomic E-state index is -0.927. The lowest BCUT2D eigenvalue weighted by molar-refractivity contribution is -0.141. The van der Waals surface area contributed by atoms with Gasteiger partial charge in [0.2, 0.25) is 0 Å². The van der Waals surface area contributed by atoms with Crippen molar-refractivity contribution in [3.05, 3.63) is 0 Å². The summed E-state index contributed by atoms with van der Waals surface area (Å²) in [5, 5.41) is 9.09. The van der Waals surface area contributed by atoms with Gasteiger partial charge in [-0.2, -0.15) is 0 Å². The summed E-state index contributed by atoms with van der Waals surface area (Å²) >= 11 is 0. The highest BCUT2D eigenvalue weighted by molar-refractivity contribution is 5.81. The second-order valence-electron chi connectivity index (χ2n) is 3.89. The quantitative estimate of drug-likeness (QED) is 0.742. The molecule has 1 heterocycles. The SMILES string of the molecule is C.CC(=O)C1CCN(C(=O)[C@@H](C)O)CC1. The number of carbonyl (C=O) groups excluding carboxylic acids is 2. The number of nitrogens with zero attached hydrogens (tertiary/aromatic N) is 1. The summed E-state index contributed by atoms with van der Waals surface area (Å²) in [6, 6.07) is 0. The highest BCUT2D eigenvalue weighted by Crippen LogP contribution is 2.18. The molecule has 0 bridgehead atoms. The smallest absolute Gasteiger partial charge is 0.251 e. The number of aliphatic hydroxyl groups is 1. The molecule has 1 N–H and O–H groups in total. The fourth-order valence-electron chi connectivity index (χ4n) is 1.77. The number of hydrogen-bond donors (Lipinski definition) is 1. The van der Waals surface area contributed by atoms with Crippen LogP contribution < -0.4 is 0 Å². The van der Waals surface area contributed by atoms with Gasteiger partial charge in [0.25, 0.3) is 5.91 Å². The van der Waals surface area contributed by atoms with Crippen LogP contribution in [0.4, 0.5) is 0 Å². The normalized spacial score (nSPS) is 19.3. The van der Waals surface area contributed by atoms with E-state index in [0.717, 1.165) is 12.8 Å². The van der Waals surface area contributed by atoms with E-state index in [1.54, 1.807) is 11.8 Å². The summed E-state index contributed by atoms with van der Waals surface area (Å²) in [7, 11) is 0. The molecule has 4 heteroatoms. The Balaban J connectivity index is 0.00000196. The first-order valence-electron chi connectivity index (χ1n) is 4.99. The van der Waals surface area contributed by atoms with Crippen LogP contribution in [0.1, 0.15) is 34.1 Å². The van der Waals surface area contributed by atoms with Gasteiger partial charge < -0.3 is 10.0 Å². The van der Waals surface area contributed by atoms with Gasteiger partial charge in [-0.3, -0.25) is 9.59 Å². The van der Waals surface area contributed by atoms with Gasteiger partial charge in [0.05, 0.1) is 0 Å². The average molecular weight is 215 g/mol. The summed E-state index contributed by atoms with van der Waals surface area (Å²) in [6.07, 6.45) is 0.533. The van der Waals surface area contributed by atoms with E-state index in [9.17, 15) is 9.59 Å². The first kappa shape index (κ1) is 14.1. The van der Waals surface area contributed by atoms with Gasteiger partial charge in [0.15, 0.2) is 0 Å². The molecule has 1 saturated heterocycles. The van der Waals surface area contributed by atoms with Gasteiger partial charge in [-0.05, 0) is 26.7 Å². The Morgan fingerprint density at radius 1 is 1.33 bits per heavy atom. The molecule has 0 radical (unpaired) electrons. The summed E-state index contributed by atoms with van der Waals surface area (Å²) in [4.78, 5) is 24.1. The molecule has 15 heavy (non-hydrogen) atoms. The maximum Gasteiger partial charge on any atom is 0.251 e. The highest BCUT2D eigenvalue weighted by Gasteiger charge is 2.26. The molecule has 0 aromatic heterocycles. The van der Waals surface area contributed by atoms with E-state index in [-0.39, 0.29) is 25.0 Å². The van der Waals surface area contributed by atoms with Crippen LogP contribution in [0.15, 0.2) is 0 Å². The molecule has 1 fully saturated rings. The van der Waals surface area contributed by atoms with E-state index in [0.29, 0.717) is 13.1 Å². The first-order chi connectivity index (χ1) is 6.52. The van der Waals surface area contributed by atoms with Gasteiger partial charge in [-0.15, -0.1) is 0 Å². The average Bonchev–Trinajstić information content (AvgIpc) is 2.16. The number of aliphatic hydroxyl groups excluding tert-OH is 1. The van der Waals surface area contributed by atoms with Gasteiger partial charge in [0.1, 0.15) is 11.9 Å². The second-order valence-corrected chi connectivity index (χ2v) is 3.89. The van der Waals surface area contributed by atoms with Crippen LogP contribution in [0.2, 0.25) is 0 Å². The van der Waals surface area contributed by atoms with E-state index >= 15 is 0 Å². The van der Waals surface area contributed by atoms with Gasteiger partial charge >= 0.3 is 0 Å². The van der Waals surface area contributed by atoms with E-state index < -0.39 is 6.10 Å². The van der Waals surface area contributed by atoms with E-state index in [2.05, 4.69) is 0 Å². The molecular formula is C11H21NO3. The van der Waals surface area contributed by atoms with E-state index in [1.807, 2.05) is 0 Å². The standard InChI is InChI=1S/C10H17NO3.CH4/c1-7(12)9-3-5-11(6-4-9)10(14)8(2)13;/h8-9,13H,3-6H2,1-2H3;1H4/t8-;/m1./s1. The number of ketones is 1. The fraction of sp³-hybridized carbons (Fsp3) is 0.818. The highest BCUT2D eigenvalue weighted by atomic mass is 16.3. The molecule has 88 valence electrons. The molecule has 0 saturated carbocycles. The number of hydrogen-bond acceptors (Lipinski definition) is 3. The zero-order valence-electron chi connectivity index (χ0n) is 8.69. The first-order valence-corrected chi connectivity index (χ1v) is 4.99. The van der Waals surface area contributed by atoms with Crippen LogP contribution in [0.5, 0.6) is 0 Å². The van der Waals surface area contributed by atoms with Crippen molar-refractivity contribution in [2.24, 2.45) is 5.92 Å². The van der Waals surface area contributed by atoms with Crippen molar-refractivity contribution in [2.45, 2.75) is 40.2 Å². The number of rotatable bonds is 2. The van der Waals surface area contributed by atoms with Crippen molar-refractivity contribution in [3.8, 4) is 0 Å². The van der Waals surface area contributed by atoms with Gasteiger partial charge in [-0.25, -0.2) is 0 Å². The Morgan fingerprint density at radius 2 is 1.80 bits per heavy atom. The van der Waals surface area contributed by atoms with Crippen molar-refractivity contribution in [1.82, 2.24) is 4.90 Å². The molecule has 1 aliphatic heterocycles. The lowest BCUT2D eigenvalue weighted by Gasteiger charge is -2.31. The summed E-state index contributed by atoms with van der Waals surface area (Å²) in [5.74, 6) is 0.0780. The summed E-state index contributed by atoms with van der Waals surface area (Å²) in [6.45, 7) is 4.25. The molecule has 4 nitrogen and oxygen atoms in total. The number of carbonyl (C=O) groups is 2. The van der Waals surface area contributed by atoms with Crippen molar-refractivity contribution in [3.63, 3.8) is 0 Å². The minimum Gasteiger partial charge on any atom is -0.384 e.